The lowest BCUT2D eigenvalue weighted by Crippen LogP contribution is -2.13. The molecule has 24 heavy (non-hydrogen) atoms. The number of fused-ring (bicyclic) bond motifs is 1. The minimum absolute atomic E-state index is 0.272. The number of benzene rings is 3. The molecule has 1 amide bonds. The smallest absolute Gasteiger partial charge is 0.255 e. The van der Waals surface area contributed by atoms with E-state index >= 15 is 0 Å². The Hall–Kier alpha value is -2.92. The van der Waals surface area contributed by atoms with Gasteiger partial charge in [0.15, 0.2) is 0 Å². The first-order valence-corrected chi connectivity index (χ1v) is 7.62. The molecule has 0 aromatic heterocycles. The minimum atomic E-state index is -0.479. The van der Waals surface area contributed by atoms with Gasteiger partial charge in [0.2, 0.25) is 6.54 Å². The molecule has 0 saturated carbocycles. The largest absolute Gasteiger partial charge is 0.321 e. The third-order valence-electron chi connectivity index (χ3n) is 3.65. The van der Waals surface area contributed by atoms with Crippen LogP contribution in [0.25, 0.3) is 10.8 Å². The third kappa shape index (κ3) is 3.36. The van der Waals surface area contributed by atoms with Crippen LogP contribution in [0.4, 0.5) is 5.69 Å². The molecule has 0 saturated heterocycles. The number of hydrogen-bond donors (Lipinski definition) is 1. The molecule has 0 aliphatic carbocycles. The quantitative estimate of drug-likeness (QED) is 0.560. The van der Waals surface area contributed by atoms with Gasteiger partial charge in [-0.3, -0.25) is 14.9 Å². The predicted molar refractivity (Wildman–Crippen MR) is 94.1 cm³/mol. The van der Waals surface area contributed by atoms with Crippen molar-refractivity contribution in [3.63, 3.8) is 0 Å². The first-order valence-electron chi connectivity index (χ1n) is 7.24. The van der Waals surface area contributed by atoms with Gasteiger partial charge in [0, 0.05) is 27.1 Å². The van der Waals surface area contributed by atoms with Gasteiger partial charge in [0.05, 0.1) is 5.02 Å². The second-order valence-corrected chi connectivity index (χ2v) is 5.69. The van der Waals surface area contributed by atoms with Crippen LogP contribution in [0.15, 0.2) is 60.7 Å². The number of amides is 1. The van der Waals surface area contributed by atoms with Crippen LogP contribution in [0.3, 0.4) is 0 Å². The van der Waals surface area contributed by atoms with Crippen molar-refractivity contribution in [1.29, 1.82) is 0 Å². The predicted octanol–water partition coefficient (Wildman–Crippen LogP) is 4.52. The zero-order chi connectivity index (χ0) is 17.1. The number of carbonyl (C=O) groups is 1. The number of nitro groups is 1. The van der Waals surface area contributed by atoms with Crippen molar-refractivity contribution >= 4 is 34.0 Å². The zero-order valence-electron chi connectivity index (χ0n) is 12.5. The number of rotatable bonds is 4. The normalized spacial score (nSPS) is 10.5. The fraction of sp³-hybridized carbons (Fsp3) is 0.0556. The van der Waals surface area contributed by atoms with Gasteiger partial charge in [-0.1, -0.05) is 48.0 Å². The van der Waals surface area contributed by atoms with Crippen molar-refractivity contribution in [2.45, 2.75) is 6.54 Å². The summed E-state index contributed by atoms with van der Waals surface area (Å²) in [5, 5.41) is 15.7. The van der Waals surface area contributed by atoms with Crippen LogP contribution in [-0.4, -0.2) is 10.8 Å². The molecule has 120 valence electrons. The van der Waals surface area contributed by atoms with E-state index in [-0.39, 0.29) is 10.9 Å². The van der Waals surface area contributed by atoms with Gasteiger partial charge in [0.25, 0.3) is 5.91 Å². The van der Waals surface area contributed by atoms with E-state index in [1.165, 1.54) is 12.1 Å². The lowest BCUT2D eigenvalue weighted by molar-refractivity contribution is -0.496. The first kappa shape index (κ1) is 16.0. The van der Waals surface area contributed by atoms with Gasteiger partial charge in [-0.25, -0.2) is 0 Å². The topological polar surface area (TPSA) is 72.2 Å². The average Bonchev–Trinajstić information content (AvgIpc) is 2.57. The Morgan fingerprint density at radius 1 is 1.08 bits per heavy atom. The summed E-state index contributed by atoms with van der Waals surface area (Å²) in [5.74, 6) is -0.340. The number of carbonyl (C=O) groups excluding carboxylic acids is 1. The number of hydrogen-bond acceptors (Lipinski definition) is 3. The van der Waals surface area contributed by atoms with Crippen molar-refractivity contribution in [1.82, 2.24) is 0 Å². The van der Waals surface area contributed by atoms with Gasteiger partial charge in [-0.15, -0.1) is 0 Å². The maximum Gasteiger partial charge on any atom is 0.255 e. The molecule has 0 unspecified atom stereocenters. The monoisotopic (exact) mass is 340 g/mol. The number of anilines is 1. The molecule has 3 aromatic carbocycles. The summed E-state index contributed by atoms with van der Waals surface area (Å²) >= 11 is 5.95. The number of nitrogens with zero attached hydrogens (tertiary/aromatic N) is 1. The second kappa shape index (κ2) is 6.68. The van der Waals surface area contributed by atoms with Gasteiger partial charge in [0.1, 0.15) is 0 Å². The molecule has 0 fully saturated rings. The highest BCUT2D eigenvalue weighted by Gasteiger charge is 2.13. The molecule has 0 radical (unpaired) electrons. The average molecular weight is 341 g/mol. The third-order valence-corrected chi connectivity index (χ3v) is 4.01. The van der Waals surface area contributed by atoms with E-state index in [0.717, 1.165) is 10.8 Å². The Bertz CT molecular complexity index is 935. The summed E-state index contributed by atoms with van der Waals surface area (Å²) in [7, 11) is 0. The molecule has 0 bridgehead atoms. The fourth-order valence-corrected chi connectivity index (χ4v) is 2.68. The Morgan fingerprint density at radius 3 is 2.62 bits per heavy atom. The Balaban J connectivity index is 1.91. The molecule has 5 nitrogen and oxygen atoms in total. The van der Waals surface area contributed by atoms with Crippen LogP contribution in [0.2, 0.25) is 5.02 Å². The standard InChI is InChI=1S/C18H13ClN2O3/c19-16-9-8-13(10-14(16)11-21(23)24)18(22)20-17-7-3-5-12-4-1-2-6-15(12)17/h1-10H,11H2,(H,20,22). The summed E-state index contributed by atoms with van der Waals surface area (Å²) < 4.78 is 0. The Kier molecular flexibility index (Phi) is 4.44. The molecule has 0 aliphatic rings. The SMILES string of the molecule is O=C(Nc1cccc2ccccc12)c1ccc(Cl)c(C[N+](=O)[O-])c1. The summed E-state index contributed by atoms with van der Waals surface area (Å²) in [6.07, 6.45) is 0. The van der Waals surface area contributed by atoms with E-state index in [4.69, 9.17) is 11.6 Å². The maximum atomic E-state index is 12.5. The van der Waals surface area contributed by atoms with Gasteiger partial charge < -0.3 is 5.32 Å². The number of nitrogens with one attached hydrogen (secondary N) is 1. The highest BCUT2D eigenvalue weighted by molar-refractivity contribution is 6.31. The minimum Gasteiger partial charge on any atom is -0.321 e. The van der Waals surface area contributed by atoms with E-state index in [2.05, 4.69) is 5.32 Å². The van der Waals surface area contributed by atoms with Crippen molar-refractivity contribution < 1.29 is 9.72 Å². The van der Waals surface area contributed by atoms with E-state index in [1.54, 1.807) is 6.07 Å². The van der Waals surface area contributed by atoms with Crippen molar-refractivity contribution in [3.05, 3.63) is 86.9 Å². The molecule has 3 aromatic rings. The summed E-state index contributed by atoms with van der Waals surface area (Å²) in [6, 6.07) is 17.8. The van der Waals surface area contributed by atoms with Crippen molar-refractivity contribution in [2.24, 2.45) is 0 Å². The van der Waals surface area contributed by atoms with Crippen LogP contribution >= 0.6 is 11.6 Å². The molecule has 0 aliphatic heterocycles. The van der Waals surface area contributed by atoms with Crippen molar-refractivity contribution in [3.8, 4) is 0 Å². The summed E-state index contributed by atoms with van der Waals surface area (Å²) in [4.78, 5) is 22.7. The molecular weight excluding hydrogens is 328 g/mol. The van der Waals surface area contributed by atoms with Crippen LogP contribution in [0.5, 0.6) is 0 Å². The van der Waals surface area contributed by atoms with E-state index in [1.807, 2.05) is 42.5 Å². The van der Waals surface area contributed by atoms with Crippen LogP contribution in [-0.2, 0) is 6.54 Å². The first-order chi connectivity index (χ1) is 11.5. The van der Waals surface area contributed by atoms with Gasteiger partial charge in [-0.05, 0) is 29.7 Å². The van der Waals surface area contributed by atoms with Crippen LogP contribution in [0.1, 0.15) is 15.9 Å². The van der Waals surface area contributed by atoms with Crippen LogP contribution < -0.4 is 5.32 Å². The molecule has 1 N–H and O–H groups in total. The lowest BCUT2D eigenvalue weighted by atomic mass is 10.1. The summed E-state index contributed by atoms with van der Waals surface area (Å²) in [6.45, 7) is -0.422. The van der Waals surface area contributed by atoms with E-state index < -0.39 is 11.5 Å². The molecule has 3 rings (SSSR count). The lowest BCUT2D eigenvalue weighted by Gasteiger charge is -2.09. The molecule has 0 heterocycles. The second-order valence-electron chi connectivity index (χ2n) is 5.28. The fourth-order valence-electron chi connectivity index (χ4n) is 2.51. The van der Waals surface area contributed by atoms with Gasteiger partial charge >= 0.3 is 0 Å². The van der Waals surface area contributed by atoms with E-state index in [9.17, 15) is 14.9 Å². The number of halogens is 1. The van der Waals surface area contributed by atoms with E-state index in [0.29, 0.717) is 16.8 Å². The molecule has 0 atom stereocenters. The highest BCUT2D eigenvalue weighted by atomic mass is 35.5. The highest BCUT2D eigenvalue weighted by Crippen LogP contribution is 2.24. The Labute approximate surface area is 143 Å². The van der Waals surface area contributed by atoms with Crippen LogP contribution in [0, 0.1) is 10.1 Å². The molecule has 0 spiro atoms. The summed E-state index contributed by atoms with van der Waals surface area (Å²) in [5.41, 5.74) is 1.32. The zero-order valence-corrected chi connectivity index (χ0v) is 13.3. The molecule has 6 heteroatoms. The molecular formula is C18H13ClN2O3. The Morgan fingerprint density at radius 2 is 1.83 bits per heavy atom. The maximum absolute atomic E-state index is 12.5. The van der Waals surface area contributed by atoms with Gasteiger partial charge in [-0.2, -0.15) is 0 Å². The van der Waals surface area contributed by atoms with Crippen molar-refractivity contribution in [2.75, 3.05) is 5.32 Å².